The molecule has 0 aliphatic carbocycles. The topological polar surface area (TPSA) is 42.4 Å². The fourth-order valence-corrected chi connectivity index (χ4v) is 2.78. The highest BCUT2D eigenvalue weighted by Gasteiger charge is 2.29. The van der Waals surface area contributed by atoms with E-state index in [1.54, 1.807) is 17.4 Å². The van der Waals surface area contributed by atoms with E-state index in [1.165, 1.54) is 12.1 Å². The second kappa shape index (κ2) is 4.33. The Morgan fingerprint density at radius 3 is 3.06 bits per heavy atom. The normalized spacial score (nSPS) is 22.4. The first-order chi connectivity index (χ1) is 8.63. The molecular formula is C13H12FNO2S. The Bertz CT molecular complexity index is 584. The summed E-state index contributed by atoms with van der Waals surface area (Å²) in [6, 6.07) is 4.21. The molecule has 1 aliphatic heterocycles. The SMILES string of the molecule is Cc1nc(C2C[C@@H](O)c3cc(F)ccc3O2)cs1. The molecule has 94 valence electrons. The van der Waals surface area contributed by atoms with Crippen molar-refractivity contribution in [1.82, 2.24) is 4.98 Å². The van der Waals surface area contributed by atoms with Crippen LogP contribution < -0.4 is 4.74 Å². The predicted molar refractivity (Wildman–Crippen MR) is 66.2 cm³/mol. The number of ether oxygens (including phenoxy) is 1. The van der Waals surface area contributed by atoms with Gasteiger partial charge in [-0.1, -0.05) is 0 Å². The van der Waals surface area contributed by atoms with E-state index in [-0.39, 0.29) is 11.9 Å². The Morgan fingerprint density at radius 2 is 2.33 bits per heavy atom. The standard InChI is InChI=1S/C13H12FNO2S/c1-7-15-10(6-18-7)13-5-11(16)9-4-8(14)2-3-12(9)17-13/h2-4,6,11,13,16H,5H2,1H3/t11-,13?/m1/s1. The number of rotatable bonds is 1. The van der Waals surface area contributed by atoms with E-state index >= 15 is 0 Å². The van der Waals surface area contributed by atoms with Gasteiger partial charge in [0.25, 0.3) is 0 Å². The summed E-state index contributed by atoms with van der Waals surface area (Å²) in [6.07, 6.45) is -0.570. The lowest BCUT2D eigenvalue weighted by Gasteiger charge is -2.28. The molecule has 1 unspecified atom stereocenters. The zero-order valence-electron chi connectivity index (χ0n) is 9.76. The van der Waals surface area contributed by atoms with Crippen molar-refractivity contribution in [2.75, 3.05) is 0 Å². The Hall–Kier alpha value is -1.46. The van der Waals surface area contributed by atoms with E-state index in [0.29, 0.717) is 17.7 Å². The van der Waals surface area contributed by atoms with Crippen molar-refractivity contribution in [2.45, 2.75) is 25.6 Å². The molecule has 5 heteroatoms. The number of aromatic nitrogens is 1. The van der Waals surface area contributed by atoms with Crippen molar-refractivity contribution in [2.24, 2.45) is 0 Å². The second-order valence-electron chi connectivity index (χ2n) is 4.33. The van der Waals surface area contributed by atoms with Gasteiger partial charge < -0.3 is 9.84 Å². The second-order valence-corrected chi connectivity index (χ2v) is 5.39. The zero-order chi connectivity index (χ0) is 12.7. The summed E-state index contributed by atoms with van der Waals surface area (Å²) in [5.74, 6) is 0.171. The summed E-state index contributed by atoms with van der Waals surface area (Å²) in [5.41, 5.74) is 1.34. The van der Waals surface area contributed by atoms with Gasteiger partial charge in [0.05, 0.1) is 16.8 Å². The Labute approximate surface area is 108 Å². The first-order valence-electron chi connectivity index (χ1n) is 5.69. The summed E-state index contributed by atoms with van der Waals surface area (Å²) in [6.45, 7) is 1.93. The molecule has 0 fully saturated rings. The summed E-state index contributed by atoms with van der Waals surface area (Å²) in [4.78, 5) is 4.37. The minimum Gasteiger partial charge on any atom is -0.484 e. The van der Waals surface area contributed by atoms with Gasteiger partial charge in [-0.05, 0) is 25.1 Å². The predicted octanol–water partition coefficient (Wildman–Crippen LogP) is 3.15. The van der Waals surface area contributed by atoms with Gasteiger partial charge in [-0.15, -0.1) is 11.3 Å². The van der Waals surface area contributed by atoms with E-state index < -0.39 is 6.10 Å². The molecule has 1 aromatic heterocycles. The minimum atomic E-state index is -0.712. The molecular weight excluding hydrogens is 253 g/mol. The smallest absolute Gasteiger partial charge is 0.144 e. The quantitative estimate of drug-likeness (QED) is 0.861. The molecule has 0 bridgehead atoms. The molecule has 3 rings (SSSR count). The third kappa shape index (κ3) is 2.00. The van der Waals surface area contributed by atoms with Crippen LogP contribution in [0.5, 0.6) is 5.75 Å². The molecule has 2 heterocycles. The van der Waals surface area contributed by atoms with E-state index in [0.717, 1.165) is 10.7 Å². The van der Waals surface area contributed by atoms with Gasteiger partial charge in [-0.2, -0.15) is 0 Å². The van der Waals surface area contributed by atoms with Gasteiger partial charge in [-0.3, -0.25) is 0 Å². The highest BCUT2D eigenvalue weighted by Crippen LogP contribution is 2.40. The van der Waals surface area contributed by atoms with Crippen LogP contribution in [0.3, 0.4) is 0 Å². The third-order valence-electron chi connectivity index (χ3n) is 3.00. The largest absolute Gasteiger partial charge is 0.484 e. The van der Waals surface area contributed by atoms with E-state index in [2.05, 4.69) is 4.98 Å². The Morgan fingerprint density at radius 1 is 1.50 bits per heavy atom. The molecule has 1 N–H and O–H groups in total. The Balaban J connectivity index is 1.94. The van der Waals surface area contributed by atoms with Crippen molar-refractivity contribution >= 4 is 11.3 Å². The molecule has 0 spiro atoms. The fraction of sp³-hybridized carbons (Fsp3) is 0.308. The van der Waals surface area contributed by atoms with Crippen LogP contribution in [0.4, 0.5) is 4.39 Å². The van der Waals surface area contributed by atoms with Crippen molar-refractivity contribution < 1.29 is 14.2 Å². The van der Waals surface area contributed by atoms with Crippen LogP contribution in [0, 0.1) is 12.7 Å². The van der Waals surface area contributed by atoms with Crippen LogP contribution in [0.1, 0.15) is 34.9 Å². The van der Waals surface area contributed by atoms with Crippen molar-refractivity contribution in [3.63, 3.8) is 0 Å². The average molecular weight is 265 g/mol. The molecule has 1 aromatic carbocycles. The third-order valence-corrected chi connectivity index (χ3v) is 3.80. The van der Waals surface area contributed by atoms with Crippen LogP contribution in [0.2, 0.25) is 0 Å². The number of aryl methyl sites for hydroxylation is 1. The number of thiazole rings is 1. The van der Waals surface area contributed by atoms with E-state index in [9.17, 15) is 9.50 Å². The van der Waals surface area contributed by atoms with Crippen molar-refractivity contribution in [3.8, 4) is 5.75 Å². The molecule has 0 saturated carbocycles. The lowest BCUT2D eigenvalue weighted by Crippen LogP contribution is -2.19. The number of aliphatic hydroxyl groups is 1. The van der Waals surface area contributed by atoms with Crippen LogP contribution >= 0.6 is 11.3 Å². The highest BCUT2D eigenvalue weighted by atomic mass is 32.1. The first kappa shape index (κ1) is 11.6. The number of halogens is 1. The summed E-state index contributed by atoms with van der Waals surface area (Å²) in [5, 5.41) is 13.0. The molecule has 2 atom stereocenters. The maximum absolute atomic E-state index is 13.1. The average Bonchev–Trinajstić information content (AvgIpc) is 2.77. The summed E-state index contributed by atoms with van der Waals surface area (Å²) in [7, 11) is 0. The van der Waals surface area contributed by atoms with Crippen LogP contribution in [-0.4, -0.2) is 10.1 Å². The molecule has 1 aliphatic rings. The van der Waals surface area contributed by atoms with Gasteiger partial charge in [0, 0.05) is 17.4 Å². The van der Waals surface area contributed by atoms with Gasteiger partial charge in [0.1, 0.15) is 17.7 Å². The van der Waals surface area contributed by atoms with Gasteiger partial charge >= 0.3 is 0 Å². The van der Waals surface area contributed by atoms with Crippen LogP contribution in [-0.2, 0) is 0 Å². The summed E-state index contributed by atoms with van der Waals surface area (Å²) < 4.78 is 18.9. The number of fused-ring (bicyclic) bond motifs is 1. The number of hydrogen-bond acceptors (Lipinski definition) is 4. The van der Waals surface area contributed by atoms with Crippen LogP contribution in [0.15, 0.2) is 23.6 Å². The van der Waals surface area contributed by atoms with Crippen molar-refractivity contribution in [1.29, 1.82) is 0 Å². The van der Waals surface area contributed by atoms with Gasteiger partial charge in [0.15, 0.2) is 0 Å². The molecule has 0 radical (unpaired) electrons. The highest BCUT2D eigenvalue weighted by molar-refractivity contribution is 7.09. The first-order valence-corrected chi connectivity index (χ1v) is 6.57. The zero-order valence-corrected chi connectivity index (χ0v) is 10.6. The van der Waals surface area contributed by atoms with Gasteiger partial charge in [-0.25, -0.2) is 9.37 Å². The molecule has 18 heavy (non-hydrogen) atoms. The maximum atomic E-state index is 13.1. The molecule has 0 saturated heterocycles. The monoisotopic (exact) mass is 265 g/mol. The minimum absolute atomic E-state index is 0.261. The number of benzene rings is 1. The van der Waals surface area contributed by atoms with Gasteiger partial charge in [0.2, 0.25) is 0 Å². The lowest BCUT2D eigenvalue weighted by molar-refractivity contribution is 0.0635. The Kier molecular flexibility index (Phi) is 2.80. The number of nitrogens with zero attached hydrogens (tertiary/aromatic N) is 1. The number of aliphatic hydroxyl groups excluding tert-OH is 1. The van der Waals surface area contributed by atoms with Crippen LogP contribution in [0.25, 0.3) is 0 Å². The number of hydrogen-bond donors (Lipinski definition) is 1. The summed E-state index contributed by atoms with van der Waals surface area (Å²) >= 11 is 1.55. The van der Waals surface area contributed by atoms with Crippen molar-refractivity contribution in [3.05, 3.63) is 45.7 Å². The molecule has 0 amide bonds. The maximum Gasteiger partial charge on any atom is 0.144 e. The molecule has 3 nitrogen and oxygen atoms in total. The lowest BCUT2D eigenvalue weighted by atomic mass is 9.98. The molecule has 2 aromatic rings. The van der Waals surface area contributed by atoms with E-state index in [1.807, 2.05) is 12.3 Å². The fourth-order valence-electron chi connectivity index (χ4n) is 2.13. The van der Waals surface area contributed by atoms with E-state index in [4.69, 9.17) is 4.74 Å².